The van der Waals surface area contributed by atoms with Gasteiger partial charge in [-0.3, -0.25) is 4.79 Å². The maximum absolute atomic E-state index is 12.2. The third-order valence-electron chi connectivity index (χ3n) is 5.66. The molecule has 36 heavy (non-hydrogen) atoms. The van der Waals surface area contributed by atoms with Crippen molar-refractivity contribution in [2.45, 2.75) is 37.1 Å². The number of hydrogen-bond acceptors (Lipinski definition) is 10. The van der Waals surface area contributed by atoms with E-state index in [1.807, 2.05) is 0 Å². The molecule has 1 aliphatic rings. The van der Waals surface area contributed by atoms with Gasteiger partial charge in [0, 0.05) is 12.6 Å². The number of methoxy groups -OCH3 is 2. The Morgan fingerprint density at radius 1 is 1.00 bits per heavy atom. The molecule has 0 unspecified atom stereocenters. The smallest absolute Gasteiger partial charge is 0.244 e. The Kier molecular flexibility index (Phi) is 9.51. The minimum atomic E-state index is -1.57. The van der Waals surface area contributed by atoms with Crippen LogP contribution in [0.4, 0.5) is 0 Å². The summed E-state index contributed by atoms with van der Waals surface area (Å²) in [6, 6.07) is 9.78. The molecule has 2 aromatic rings. The highest BCUT2D eigenvalue weighted by molar-refractivity contribution is 5.91. The van der Waals surface area contributed by atoms with Gasteiger partial charge < -0.3 is 49.8 Å². The van der Waals surface area contributed by atoms with Gasteiger partial charge in [-0.25, -0.2) is 0 Å². The van der Waals surface area contributed by atoms with Crippen molar-refractivity contribution in [2.24, 2.45) is 0 Å². The van der Waals surface area contributed by atoms with Gasteiger partial charge in [0.25, 0.3) is 0 Å². The van der Waals surface area contributed by atoms with E-state index in [0.29, 0.717) is 24.3 Å². The van der Waals surface area contributed by atoms with Crippen LogP contribution in [0.15, 0.2) is 42.5 Å². The fourth-order valence-electron chi connectivity index (χ4n) is 3.61. The van der Waals surface area contributed by atoms with Crippen molar-refractivity contribution in [3.63, 3.8) is 0 Å². The Morgan fingerprint density at radius 2 is 1.75 bits per heavy atom. The van der Waals surface area contributed by atoms with Gasteiger partial charge in [0.15, 0.2) is 23.0 Å². The largest absolute Gasteiger partial charge is 0.504 e. The molecule has 1 amide bonds. The lowest BCUT2D eigenvalue weighted by molar-refractivity contribution is -0.277. The summed E-state index contributed by atoms with van der Waals surface area (Å²) in [4.78, 5) is 12.2. The van der Waals surface area contributed by atoms with Gasteiger partial charge in [-0.15, -0.1) is 0 Å². The van der Waals surface area contributed by atoms with E-state index in [0.717, 1.165) is 5.56 Å². The average molecular weight is 506 g/mol. The Hall–Kier alpha value is -3.35. The molecule has 6 N–H and O–H groups in total. The topological polar surface area (TPSA) is 167 Å². The average Bonchev–Trinajstić information content (AvgIpc) is 2.89. The van der Waals surface area contributed by atoms with Gasteiger partial charge >= 0.3 is 0 Å². The van der Waals surface area contributed by atoms with E-state index in [9.17, 15) is 30.3 Å². The summed E-state index contributed by atoms with van der Waals surface area (Å²) in [6.07, 6.45) is -3.57. The lowest BCUT2D eigenvalue weighted by atomic mass is 9.99. The molecule has 196 valence electrons. The van der Waals surface area contributed by atoms with E-state index in [2.05, 4.69) is 5.32 Å². The van der Waals surface area contributed by atoms with Crippen LogP contribution in [0.3, 0.4) is 0 Å². The highest BCUT2D eigenvalue weighted by atomic mass is 16.7. The fraction of sp³-hybridized carbons (Fsp3) is 0.400. The molecule has 1 aliphatic heterocycles. The minimum Gasteiger partial charge on any atom is -0.504 e. The lowest BCUT2D eigenvalue weighted by Crippen LogP contribution is -2.60. The summed E-state index contributed by atoms with van der Waals surface area (Å²) < 4.78 is 21.4. The monoisotopic (exact) mass is 505 g/mol. The first-order valence-electron chi connectivity index (χ1n) is 11.2. The van der Waals surface area contributed by atoms with Crippen LogP contribution in [0.25, 0.3) is 6.08 Å². The van der Waals surface area contributed by atoms with E-state index in [4.69, 9.17) is 18.9 Å². The Morgan fingerprint density at radius 3 is 2.44 bits per heavy atom. The molecule has 11 nitrogen and oxygen atoms in total. The number of benzene rings is 2. The number of nitrogens with one attached hydrogen (secondary N) is 1. The third kappa shape index (κ3) is 6.65. The molecule has 3 rings (SSSR count). The van der Waals surface area contributed by atoms with Gasteiger partial charge in [0.05, 0.1) is 20.8 Å². The molecule has 11 heteroatoms. The van der Waals surface area contributed by atoms with Gasteiger partial charge in [-0.2, -0.15) is 0 Å². The summed E-state index contributed by atoms with van der Waals surface area (Å²) in [5.74, 6) is 0.574. The number of phenols is 1. The number of phenolic OH excluding ortho intramolecular Hbond substituents is 1. The third-order valence-corrected chi connectivity index (χ3v) is 5.66. The second-order valence-electron chi connectivity index (χ2n) is 8.11. The summed E-state index contributed by atoms with van der Waals surface area (Å²) in [5.41, 5.74) is 1.53. The Bertz CT molecular complexity index is 1060. The van der Waals surface area contributed by atoms with Crippen molar-refractivity contribution in [3.05, 3.63) is 53.6 Å². The molecule has 1 heterocycles. The van der Waals surface area contributed by atoms with Crippen molar-refractivity contribution in [1.82, 2.24) is 5.32 Å². The first-order valence-corrected chi connectivity index (χ1v) is 11.2. The van der Waals surface area contributed by atoms with E-state index >= 15 is 0 Å². The molecule has 2 aromatic carbocycles. The first-order chi connectivity index (χ1) is 17.3. The first kappa shape index (κ1) is 27.2. The highest BCUT2D eigenvalue weighted by Crippen LogP contribution is 2.32. The molecule has 1 fully saturated rings. The molecule has 5 atom stereocenters. The summed E-state index contributed by atoms with van der Waals surface area (Å²) in [7, 11) is 2.88. The van der Waals surface area contributed by atoms with Crippen molar-refractivity contribution in [1.29, 1.82) is 0 Å². The van der Waals surface area contributed by atoms with E-state index < -0.39 is 37.3 Å². The van der Waals surface area contributed by atoms with Crippen LogP contribution < -0.4 is 19.5 Å². The van der Waals surface area contributed by atoms with Gasteiger partial charge in [-0.05, 0) is 47.9 Å². The van der Waals surface area contributed by atoms with Gasteiger partial charge in [0.2, 0.25) is 12.2 Å². The maximum atomic E-state index is 12.2. The minimum absolute atomic E-state index is 0.0493. The molecule has 0 spiro atoms. The SMILES string of the molecule is COc1cc(CCNC(=O)C=Cc2ccc(O[C@@H]3O[C@H](CO)[C@@H](O)[C@@H](O)[C@H]3O)c(OC)c2)ccc1O. The Balaban J connectivity index is 1.57. The number of ether oxygens (including phenoxy) is 4. The van der Waals surface area contributed by atoms with Crippen LogP contribution in [0.2, 0.25) is 0 Å². The summed E-state index contributed by atoms with van der Waals surface area (Å²) in [5, 5.41) is 51.8. The van der Waals surface area contributed by atoms with Gasteiger partial charge in [0.1, 0.15) is 24.4 Å². The summed E-state index contributed by atoms with van der Waals surface area (Å²) in [6.45, 7) is -0.191. The van der Waals surface area contributed by atoms with E-state index in [-0.39, 0.29) is 23.2 Å². The number of rotatable bonds is 10. The zero-order chi connectivity index (χ0) is 26.2. The lowest BCUT2D eigenvalue weighted by Gasteiger charge is -2.39. The number of aromatic hydroxyl groups is 1. The van der Waals surface area contributed by atoms with Crippen LogP contribution in [-0.2, 0) is 16.0 Å². The van der Waals surface area contributed by atoms with E-state index in [1.165, 1.54) is 32.4 Å². The highest BCUT2D eigenvalue weighted by Gasteiger charge is 2.44. The zero-order valence-electron chi connectivity index (χ0n) is 19.9. The molecule has 0 saturated carbocycles. The number of amides is 1. The number of carbonyl (C=O) groups is 1. The standard InChI is InChI=1S/C25H31NO10/c1-33-18-11-15(3-6-16(18)28)9-10-26-21(29)8-5-14-4-7-17(19(12-14)34-2)35-25-24(32)23(31)22(30)20(13-27)36-25/h3-8,11-12,20,22-25,27-28,30-32H,9-10,13H2,1-2H3,(H,26,29)/t20-,22-,23-,24-,25-/m1/s1. The van der Waals surface area contributed by atoms with Crippen LogP contribution >= 0.6 is 0 Å². The van der Waals surface area contributed by atoms with Crippen molar-refractivity contribution in [2.75, 3.05) is 27.4 Å². The molecular weight excluding hydrogens is 474 g/mol. The Labute approximate surface area is 208 Å². The molecule has 0 radical (unpaired) electrons. The van der Waals surface area contributed by atoms with Crippen LogP contribution in [0.1, 0.15) is 11.1 Å². The molecular formula is C25H31NO10. The van der Waals surface area contributed by atoms with Crippen LogP contribution in [0, 0.1) is 0 Å². The molecule has 0 aliphatic carbocycles. The summed E-state index contributed by atoms with van der Waals surface area (Å²) >= 11 is 0. The quantitative estimate of drug-likeness (QED) is 0.241. The van der Waals surface area contributed by atoms with E-state index in [1.54, 1.807) is 30.3 Å². The molecule has 0 bridgehead atoms. The number of aliphatic hydroxyl groups excluding tert-OH is 4. The predicted octanol–water partition coefficient (Wildman–Crippen LogP) is -0.0398. The van der Waals surface area contributed by atoms with Crippen molar-refractivity contribution >= 4 is 12.0 Å². The van der Waals surface area contributed by atoms with Gasteiger partial charge in [-0.1, -0.05) is 12.1 Å². The number of carbonyl (C=O) groups excluding carboxylic acids is 1. The van der Waals surface area contributed by atoms with Crippen molar-refractivity contribution < 1.29 is 49.3 Å². The normalized spacial score (nSPS) is 23.9. The molecule has 1 saturated heterocycles. The maximum Gasteiger partial charge on any atom is 0.244 e. The second kappa shape index (κ2) is 12.6. The second-order valence-corrected chi connectivity index (χ2v) is 8.11. The van der Waals surface area contributed by atoms with Crippen molar-refractivity contribution in [3.8, 4) is 23.0 Å². The number of hydrogen-bond donors (Lipinski definition) is 6. The molecule has 0 aromatic heterocycles. The zero-order valence-corrected chi connectivity index (χ0v) is 19.9. The number of aliphatic hydroxyl groups is 4. The predicted molar refractivity (Wildman–Crippen MR) is 128 cm³/mol. The fourth-order valence-corrected chi connectivity index (χ4v) is 3.61. The van der Waals surface area contributed by atoms with Crippen LogP contribution in [0.5, 0.6) is 23.0 Å². The van der Waals surface area contributed by atoms with Crippen LogP contribution in [-0.4, -0.2) is 89.5 Å².